The van der Waals surface area contributed by atoms with E-state index in [1.54, 1.807) is 11.4 Å². The quantitative estimate of drug-likeness (QED) is 0.669. The number of rotatable bonds is 2. The number of fused-ring (bicyclic) bond motifs is 1. The van der Waals surface area contributed by atoms with E-state index < -0.39 is 15.6 Å². The lowest BCUT2D eigenvalue weighted by atomic mass is 10.2. The minimum Gasteiger partial charge on any atom is -0.380 e. The molecule has 9 heteroatoms. The number of hydrogen-bond acceptors (Lipinski definition) is 5. The van der Waals surface area contributed by atoms with Gasteiger partial charge in [-0.1, -0.05) is 0 Å². The van der Waals surface area contributed by atoms with Crippen LogP contribution in [0.25, 0.3) is 5.76 Å². The van der Waals surface area contributed by atoms with Crippen molar-refractivity contribution in [3.63, 3.8) is 0 Å². The van der Waals surface area contributed by atoms with Crippen molar-refractivity contribution < 1.29 is 25.8 Å². The maximum absolute atomic E-state index is 12.1. The Morgan fingerprint density at radius 1 is 1.41 bits per heavy atom. The van der Waals surface area contributed by atoms with Gasteiger partial charge >= 0.3 is 15.6 Å². The van der Waals surface area contributed by atoms with E-state index >= 15 is 0 Å². The summed E-state index contributed by atoms with van der Waals surface area (Å²) in [6.07, 6.45) is 1.25. The average molecular weight is 285 g/mol. The van der Waals surface area contributed by atoms with Gasteiger partial charge in [-0.3, -0.25) is 0 Å². The van der Waals surface area contributed by atoms with Crippen LogP contribution in [0.2, 0.25) is 0 Å². The van der Waals surface area contributed by atoms with Crippen LogP contribution in [0.15, 0.2) is 17.5 Å². The van der Waals surface area contributed by atoms with Crippen LogP contribution in [0.5, 0.6) is 0 Å². The standard InChI is InChI=1S/C8H6F3NO3S2/c9-8(10,11)17(13,14)15-6-1-3-12-5-2-4-16-7(5)6/h1-2,4,12H,3H2. The smallest absolute Gasteiger partial charge is 0.380 e. The molecule has 0 saturated carbocycles. The number of anilines is 1. The molecular weight excluding hydrogens is 279 g/mol. The van der Waals surface area contributed by atoms with Gasteiger partial charge in [0.2, 0.25) is 0 Å². The first-order valence-corrected chi connectivity index (χ1v) is 6.63. The summed E-state index contributed by atoms with van der Waals surface area (Å²) in [6.45, 7) is 0.215. The molecule has 0 unspecified atom stereocenters. The summed E-state index contributed by atoms with van der Waals surface area (Å²) in [5.41, 5.74) is -4.86. The zero-order valence-electron chi connectivity index (χ0n) is 8.11. The van der Waals surface area contributed by atoms with Crippen LogP contribution in [-0.4, -0.2) is 20.5 Å². The third-order valence-corrected chi connectivity index (χ3v) is 3.85. The molecule has 2 rings (SSSR count). The number of halogens is 3. The van der Waals surface area contributed by atoms with Crippen LogP contribution in [-0.2, 0) is 14.3 Å². The predicted molar refractivity (Wildman–Crippen MR) is 56.8 cm³/mol. The molecule has 0 spiro atoms. The molecule has 0 radical (unpaired) electrons. The molecule has 1 aliphatic rings. The van der Waals surface area contributed by atoms with E-state index in [1.165, 1.54) is 6.08 Å². The Bertz CT molecular complexity index is 559. The lowest BCUT2D eigenvalue weighted by Crippen LogP contribution is -2.25. The first-order valence-electron chi connectivity index (χ1n) is 4.34. The second kappa shape index (κ2) is 3.91. The van der Waals surface area contributed by atoms with Crippen molar-refractivity contribution in [1.82, 2.24) is 0 Å². The number of alkyl halides is 3. The van der Waals surface area contributed by atoms with Crippen LogP contribution in [0, 0.1) is 0 Å². The molecule has 17 heavy (non-hydrogen) atoms. The van der Waals surface area contributed by atoms with Crippen molar-refractivity contribution in [1.29, 1.82) is 0 Å². The van der Waals surface area contributed by atoms with Crippen molar-refractivity contribution in [2.24, 2.45) is 0 Å². The van der Waals surface area contributed by atoms with Gasteiger partial charge in [-0.25, -0.2) is 0 Å². The molecule has 0 amide bonds. The molecule has 0 saturated heterocycles. The topological polar surface area (TPSA) is 55.4 Å². The van der Waals surface area contributed by atoms with E-state index in [4.69, 9.17) is 0 Å². The van der Waals surface area contributed by atoms with Crippen LogP contribution in [0.3, 0.4) is 0 Å². The highest BCUT2D eigenvalue weighted by Gasteiger charge is 2.49. The van der Waals surface area contributed by atoms with Gasteiger partial charge in [0.15, 0.2) is 5.76 Å². The van der Waals surface area contributed by atoms with Gasteiger partial charge in [0.05, 0.1) is 10.6 Å². The van der Waals surface area contributed by atoms with Crippen molar-refractivity contribution in [3.8, 4) is 0 Å². The second-order valence-electron chi connectivity index (χ2n) is 3.10. The SMILES string of the molecule is O=S(=O)(OC1=CCNc2ccsc21)C(F)(F)F. The Labute approximate surface area is 98.8 Å². The molecule has 0 atom stereocenters. The second-order valence-corrected chi connectivity index (χ2v) is 5.55. The summed E-state index contributed by atoms with van der Waals surface area (Å²) in [6, 6.07) is 1.64. The number of hydrogen-bond donors (Lipinski definition) is 1. The lowest BCUT2D eigenvalue weighted by Gasteiger charge is -2.16. The average Bonchev–Trinajstić information content (AvgIpc) is 2.64. The Hall–Kier alpha value is -1.22. The van der Waals surface area contributed by atoms with E-state index in [9.17, 15) is 21.6 Å². The molecule has 0 bridgehead atoms. The normalized spacial score (nSPS) is 15.8. The van der Waals surface area contributed by atoms with Gasteiger partial charge in [-0.15, -0.1) is 11.3 Å². The molecule has 1 N–H and O–H groups in total. The summed E-state index contributed by atoms with van der Waals surface area (Å²) in [5.74, 6) is -0.286. The molecule has 1 aromatic rings. The first-order chi connectivity index (χ1) is 7.81. The molecule has 94 valence electrons. The van der Waals surface area contributed by atoms with E-state index in [0.717, 1.165) is 11.3 Å². The van der Waals surface area contributed by atoms with Crippen LogP contribution < -0.4 is 5.32 Å². The fraction of sp³-hybridized carbons (Fsp3) is 0.250. The lowest BCUT2D eigenvalue weighted by molar-refractivity contribution is -0.0509. The first kappa shape index (κ1) is 12.2. The number of thiophene rings is 1. The van der Waals surface area contributed by atoms with Gasteiger partial charge < -0.3 is 9.50 Å². The molecule has 0 aliphatic carbocycles. The Kier molecular flexibility index (Phi) is 2.82. The van der Waals surface area contributed by atoms with Crippen LogP contribution in [0.1, 0.15) is 4.88 Å². The fourth-order valence-corrected chi connectivity index (χ4v) is 2.61. The Morgan fingerprint density at radius 2 is 2.12 bits per heavy atom. The van der Waals surface area contributed by atoms with Gasteiger partial charge in [-0.2, -0.15) is 21.6 Å². The number of nitrogens with one attached hydrogen (secondary N) is 1. The van der Waals surface area contributed by atoms with Crippen LogP contribution >= 0.6 is 11.3 Å². The summed E-state index contributed by atoms with van der Waals surface area (Å²) in [4.78, 5) is 0.337. The third kappa shape index (κ3) is 2.25. The van der Waals surface area contributed by atoms with E-state index in [-0.39, 0.29) is 12.3 Å². The zero-order chi connectivity index (χ0) is 12.7. The predicted octanol–water partition coefficient (Wildman–Crippen LogP) is 2.38. The summed E-state index contributed by atoms with van der Waals surface area (Å²) >= 11 is 1.10. The summed E-state index contributed by atoms with van der Waals surface area (Å²) in [7, 11) is -5.61. The molecule has 0 aromatic carbocycles. The molecule has 1 aliphatic heterocycles. The minimum atomic E-state index is -5.61. The maximum atomic E-state index is 12.1. The molecule has 2 heterocycles. The van der Waals surface area contributed by atoms with Gasteiger partial charge in [0.1, 0.15) is 0 Å². The largest absolute Gasteiger partial charge is 0.534 e. The molecule has 1 aromatic heterocycles. The Morgan fingerprint density at radius 3 is 2.76 bits per heavy atom. The van der Waals surface area contributed by atoms with E-state index in [2.05, 4.69) is 9.50 Å². The van der Waals surface area contributed by atoms with E-state index in [1.807, 2.05) is 0 Å². The molecular formula is C8H6F3NO3S2. The van der Waals surface area contributed by atoms with Crippen molar-refractivity contribution in [3.05, 3.63) is 22.4 Å². The highest BCUT2D eigenvalue weighted by atomic mass is 32.2. The monoisotopic (exact) mass is 285 g/mol. The maximum Gasteiger partial charge on any atom is 0.534 e. The Balaban J connectivity index is 2.31. The third-order valence-electron chi connectivity index (χ3n) is 1.95. The fourth-order valence-electron chi connectivity index (χ4n) is 1.22. The van der Waals surface area contributed by atoms with Gasteiger partial charge in [0, 0.05) is 6.54 Å². The minimum absolute atomic E-state index is 0.215. The van der Waals surface area contributed by atoms with Gasteiger partial charge in [0.25, 0.3) is 0 Å². The highest BCUT2D eigenvalue weighted by molar-refractivity contribution is 7.87. The molecule has 4 nitrogen and oxygen atoms in total. The summed E-state index contributed by atoms with van der Waals surface area (Å²) in [5, 5.41) is 4.50. The van der Waals surface area contributed by atoms with Crippen molar-refractivity contribution in [2.45, 2.75) is 5.51 Å². The zero-order valence-corrected chi connectivity index (χ0v) is 9.75. The highest BCUT2D eigenvalue weighted by Crippen LogP contribution is 2.36. The van der Waals surface area contributed by atoms with E-state index in [0.29, 0.717) is 10.6 Å². The van der Waals surface area contributed by atoms with Gasteiger partial charge in [-0.05, 0) is 17.5 Å². The van der Waals surface area contributed by atoms with Crippen LogP contribution in [0.4, 0.5) is 18.9 Å². The summed E-state index contributed by atoms with van der Waals surface area (Å²) < 4.78 is 62.2. The molecule has 0 fully saturated rings. The van der Waals surface area contributed by atoms with Crippen molar-refractivity contribution in [2.75, 3.05) is 11.9 Å². The van der Waals surface area contributed by atoms with Crippen molar-refractivity contribution >= 4 is 32.9 Å².